The maximum Gasteiger partial charge on any atom is 0.121 e. The minimum atomic E-state index is 0.766. The summed E-state index contributed by atoms with van der Waals surface area (Å²) in [6.45, 7) is 3.71. The highest BCUT2D eigenvalue weighted by Crippen LogP contribution is 2.18. The molecule has 0 bridgehead atoms. The number of nitrogens with zero attached hydrogens (tertiary/aromatic N) is 1. The number of aryl methyl sites for hydroxylation is 1. The number of benzene rings is 1. The number of anilines is 1. The fourth-order valence-electron chi connectivity index (χ4n) is 1.79. The fraction of sp³-hybridized carbons (Fsp3) is 0.333. The topological polar surface area (TPSA) is 26.2 Å². The summed E-state index contributed by atoms with van der Waals surface area (Å²) < 4.78 is 7.66. The molecule has 3 heteroatoms. The van der Waals surface area contributed by atoms with Crippen LogP contribution in [0, 0.1) is 0 Å². The molecule has 0 fully saturated rings. The summed E-state index contributed by atoms with van der Waals surface area (Å²) in [5, 5.41) is 3.40. The molecule has 2 rings (SSSR count). The van der Waals surface area contributed by atoms with Crippen molar-refractivity contribution in [3.05, 3.63) is 48.3 Å². The lowest BCUT2D eigenvalue weighted by molar-refractivity contribution is 0.317. The largest absolute Gasteiger partial charge is 0.494 e. The summed E-state index contributed by atoms with van der Waals surface area (Å²) in [4.78, 5) is 0. The number of rotatable bonds is 6. The smallest absolute Gasteiger partial charge is 0.121 e. The normalized spacial score (nSPS) is 10.3. The average molecular weight is 244 g/mol. The SMILES string of the molecule is CCCOc1cccc(NCc2ccn(C)c2)c1. The Morgan fingerprint density at radius 2 is 2.17 bits per heavy atom. The fourth-order valence-corrected chi connectivity index (χ4v) is 1.79. The molecule has 0 atom stereocenters. The molecule has 1 N–H and O–H groups in total. The van der Waals surface area contributed by atoms with E-state index in [1.54, 1.807) is 0 Å². The maximum absolute atomic E-state index is 5.61. The van der Waals surface area contributed by atoms with Gasteiger partial charge in [-0.1, -0.05) is 13.0 Å². The van der Waals surface area contributed by atoms with E-state index in [-0.39, 0.29) is 0 Å². The van der Waals surface area contributed by atoms with Crippen molar-refractivity contribution in [1.29, 1.82) is 0 Å². The average Bonchev–Trinajstić information content (AvgIpc) is 2.80. The Bertz CT molecular complexity index is 491. The van der Waals surface area contributed by atoms with Crippen molar-refractivity contribution in [2.75, 3.05) is 11.9 Å². The van der Waals surface area contributed by atoms with Gasteiger partial charge in [-0.2, -0.15) is 0 Å². The van der Waals surface area contributed by atoms with Crippen LogP contribution in [0.2, 0.25) is 0 Å². The molecule has 0 aliphatic rings. The van der Waals surface area contributed by atoms with Crippen LogP contribution in [0.4, 0.5) is 5.69 Å². The molecule has 0 radical (unpaired) electrons. The van der Waals surface area contributed by atoms with Crippen molar-refractivity contribution in [2.24, 2.45) is 7.05 Å². The van der Waals surface area contributed by atoms with Gasteiger partial charge in [0, 0.05) is 37.7 Å². The van der Waals surface area contributed by atoms with E-state index in [4.69, 9.17) is 4.74 Å². The van der Waals surface area contributed by atoms with E-state index < -0.39 is 0 Å². The quantitative estimate of drug-likeness (QED) is 0.842. The van der Waals surface area contributed by atoms with Crippen LogP contribution in [0.1, 0.15) is 18.9 Å². The molecule has 0 amide bonds. The van der Waals surface area contributed by atoms with Crippen LogP contribution in [0.25, 0.3) is 0 Å². The first kappa shape index (κ1) is 12.6. The van der Waals surface area contributed by atoms with Gasteiger partial charge in [0.05, 0.1) is 6.61 Å². The lowest BCUT2D eigenvalue weighted by atomic mass is 10.2. The van der Waals surface area contributed by atoms with Crippen molar-refractivity contribution in [3.63, 3.8) is 0 Å². The van der Waals surface area contributed by atoms with Crippen LogP contribution in [-0.4, -0.2) is 11.2 Å². The second-order valence-corrected chi connectivity index (χ2v) is 4.42. The Balaban J connectivity index is 1.92. The minimum Gasteiger partial charge on any atom is -0.494 e. The molecule has 0 aliphatic carbocycles. The molecule has 0 unspecified atom stereocenters. The molecule has 96 valence electrons. The monoisotopic (exact) mass is 244 g/mol. The summed E-state index contributed by atoms with van der Waals surface area (Å²) in [5.74, 6) is 0.926. The molecule has 0 saturated carbocycles. The van der Waals surface area contributed by atoms with Crippen molar-refractivity contribution in [2.45, 2.75) is 19.9 Å². The second kappa shape index (κ2) is 6.15. The van der Waals surface area contributed by atoms with E-state index in [9.17, 15) is 0 Å². The number of nitrogens with one attached hydrogen (secondary N) is 1. The highest BCUT2D eigenvalue weighted by atomic mass is 16.5. The molecule has 0 saturated heterocycles. The number of hydrogen-bond donors (Lipinski definition) is 1. The molecule has 1 heterocycles. The highest BCUT2D eigenvalue weighted by Gasteiger charge is 1.98. The van der Waals surface area contributed by atoms with Crippen LogP contribution in [0.15, 0.2) is 42.7 Å². The first-order chi connectivity index (χ1) is 8.78. The first-order valence-corrected chi connectivity index (χ1v) is 6.35. The third-order valence-corrected chi connectivity index (χ3v) is 2.70. The summed E-state index contributed by atoms with van der Waals surface area (Å²) in [7, 11) is 2.03. The van der Waals surface area contributed by atoms with Gasteiger partial charge in [0.2, 0.25) is 0 Å². The van der Waals surface area contributed by atoms with Crippen molar-refractivity contribution >= 4 is 5.69 Å². The van der Waals surface area contributed by atoms with Crippen LogP contribution in [-0.2, 0) is 13.6 Å². The molecular formula is C15H20N2O. The van der Waals surface area contributed by atoms with E-state index >= 15 is 0 Å². The molecule has 3 nitrogen and oxygen atoms in total. The predicted octanol–water partition coefficient (Wildman–Crippen LogP) is 3.43. The first-order valence-electron chi connectivity index (χ1n) is 6.35. The van der Waals surface area contributed by atoms with Gasteiger partial charge in [-0.25, -0.2) is 0 Å². The maximum atomic E-state index is 5.61. The molecule has 0 spiro atoms. The zero-order valence-corrected chi connectivity index (χ0v) is 11.0. The van der Waals surface area contributed by atoms with E-state index in [0.29, 0.717) is 0 Å². The summed E-state index contributed by atoms with van der Waals surface area (Å²) >= 11 is 0. The zero-order valence-electron chi connectivity index (χ0n) is 11.0. The van der Waals surface area contributed by atoms with E-state index in [0.717, 1.165) is 31.0 Å². The summed E-state index contributed by atoms with van der Waals surface area (Å²) in [5.41, 5.74) is 2.37. The molecule has 2 aromatic rings. The van der Waals surface area contributed by atoms with Gasteiger partial charge < -0.3 is 14.6 Å². The summed E-state index contributed by atoms with van der Waals surface area (Å²) in [6, 6.07) is 10.2. The Morgan fingerprint density at radius 1 is 1.28 bits per heavy atom. The molecule has 1 aromatic carbocycles. The van der Waals surface area contributed by atoms with Gasteiger partial charge in [0.15, 0.2) is 0 Å². The van der Waals surface area contributed by atoms with E-state index in [1.165, 1.54) is 5.56 Å². The van der Waals surface area contributed by atoms with Gasteiger partial charge in [0.1, 0.15) is 5.75 Å². The van der Waals surface area contributed by atoms with Gasteiger partial charge in [-0.3, -0.25) is 0 Å². The number of hydrogen-bond acceptors (Lipinski definition) is 2. The van der Waals surface area contributed by atoms with Gasteiger partial charge in [-0.15, -0.1) is 0 Å². The minimum absolute atomic E-state index is 0.766. The van der Waals surface area contributed by atoms with Crippen molar-refractivity contribution < 1.29 is 4.74 Å². The molecule has 1 aromatic heterocycles. The van der Waals surface area contributed by atoms with Gasteiger partial charge in [-0.05, 0) is 30.2 Å². The third kappa shape index (κ3) is 3.55. The van der Waals surface area contributed by atoms with E-state index in [2.05, 4.69) is 41.3 Å². The molecule has 18 heavy (non-hydrogen) atoms. The lowest BCUT2D eigenvalue weighted by Gasteiger charge is -2.08. The van der Waals surface area contributed by atoms with Crippen molar-refractivity contribution in [3.8, 4) is 5.75 Å². The number of ether oxygens (including phenoxy) is 1. The van der Waals surface area contributed by atoms with Crippen LogP contribution in [0.3, 0.4) is 0 Å². The van der Waals surface area contributed by atoms with Gasteiger partial charge >= 0.3 is 0 Å². The Morgan fingerprint density at radius 3 is 2.89 bits per heavy atom. The number of aromatic nitrogens is 1. The third-order valence-electron chi connectivity index (χ3n) is 2.70. The zero-order chi connectivity index (χ0) is 12.8. The standard InChI is InChI=1S/C15H20N2O/c1-3-9-18-15-6-4-5-14(10-15)16-11-13-7-8-17(2)12-13/h4-8,10,12,16H,3,9,11H2,1-2H3. The lowest BCUT2D eigenvalue weighted by Crippen LogP contribution is -2.00. The Kier molecular flexibility index (Phi) is 4.29. The Labute approximate surface area is 108 Å². The van der Waals surface area contributed by atoms with Crippen molar-refractivity contribution in [1.82, 2.24) is 4.57 Å². The van der Waals surface area contributed by atoms with Crippen LogP contribution >= 0.6 is 0 Å². The van der Waals surface area contributed by atoms with Crippen LogP contribution < -0.4 is 10.1 Å². The Hall–Kier alpha value is -1.90. The highest BCUT2D eigenvalue weighted by molar-refractivity contribution is 5.48. The summed E-state index contributed by atoms with van der Waals surface area (Å²) in [6.07, 6.45) is 5.20. The predicted molar refractivity (Wildman–Crippen MR) is 75.0 cm³/mol. The second-order valence-electron chi connectivity index (χ2n) is 4.42. The molecule has 0 aliphatic heterocycles. The van der Waals surface area contributed by atoms with Gasteiger partial charge in [0.25, 0.3) is 0 Å². The molecular weight excluding hydrogens is 224 g/mol. The van der Waals surface area contributed by atoms with E-state index in [1.807, 2.05) is 25.2 Å². The van der Waals surface area contributed by atoms with Crippen LogP contribution in [0.5, 0.6) is 5.75 Å².